The van der Waals surface area contributed by atoms with E-state index in [1.54, 1.807) is 7.11 Å². The van der Waals surface area contributed by atoms with Gasteiger partial charge in [-0.2, -0.15) is 0 Å². The number of methoxy groups -OCH3 is 1. The lowest BCUT2D eigenvalue weighted by Gasteiger charge is -2.15. The van der Waals surface area contributed by atoms with Crippen LogP contribution in [0.3, 0.4) is 0 Å². The second-order valence-corrected chi connectivity index (χ2v) is 5.04. The van der Waals surface area contributed by atoms with E-state index in [9.17, 15) is 4.79 Å². The fraction of sp³-hybridized carbons (Fsp3) is 0.533. The van der Waals surface area contributed by atoms with Gasteiger partial charge in [0.2, 0.25) is 0 Å². The van der Waals surface area contributed by atoms with E-state index < -0.39 is 0 Å². The van der Waals surface area contributed by atoms with Crippen molar-refractivity contribution in [2.75, 3.05) is 26.7 Å². The third-order valence-electron chi connectivity index (χ3n) is 3.61. The van der Waals surface area contributed by atoms with Gasteiger partial charge in [-0.15, -0.1) is 0 Å². The van der Waals surface area contributed by atoms with Crippen LogP contribution in [0.5, 0.6) is 5.75 Å². The minimum absolute atomic E-state index is 0.222. The normalized spacial score (nSPS) is 15.9. The van der Waals surface area contributed by atoms with E-state index in [4.69, 9.17) is 4.74 Å². The fourth-order valence-electron chi connectivity index (χ4n) is 2.54. The van der Waals surface area contributed by atoms with Gasteiger partial charge in [0.1, 0.15) is 5.75 Å². The minimum atomic E-state index is 0.222. The molecular weight excluding hydrogens is 226 g/mol. The number of aryl methyl sites for hydroxylation is 2. The second kappa shape index (κ2) is 5.53. The van der Waals surface area contributed by atoms with E-state index >= 15 is 0 Å². The molecule has 1 aliphatic heterocycles. The van der Waals surface area contributed by atoms with Gasteiger partial charge in [-0.05, 0) is 63.0 Å². The van der Waals surface area contributed by atoms with Gasteiger partial charge in [-0.3, -0.25) is 9.69 Å². The highest BCUT2D eigenvalue weighted by Crippen LogP contribution is 2.23. The number of hydrogen-bond acceptors (Lipinski definition) is 3. The van der Waals surface area contributed by atoms with Crippen LogP contribution in [0, 0.1) is 13.8 Å². The number of benzene rings is 1. The number of hydrogen-bond donors (Lipinski definition) is 0. The summed E-state index contributed by atoms with van der Waals surface area (Å²) in [6.07, 6.45) is 2.43. The first-order valence-electron chi connectivity index (χ1n) is 6.52. The summed E-state index contributed by atoms with van der Waals surface area (Å²) in [5.74, 6) is 1.07. The van der Waals surface area contributed by atoms with Crippen molar-refractivity contribution >= 4 is 5.78 Å². The highest BCUT2D eigenvalue weighted by atomic mass is 16.5. The third-order valence-corrected chi connectivity index (χ3v) is 3.61. The first kappa shape index (κ1) is 13.1. The lowest BCUT2D eigenvalue weighted by Crippen LogP contribution is -2.27. The standard InChI is InChI=1S/C15H21NO2/c1-11-9-15(18-3)12(2)8-13(11)14(17)10-16-6-4-5-7-16/h8-9H,4-7,10H2,1-3H3. The third kappa shape index (κ3) is 2.72. The average Bonchev–Trinajstić information content (AvgIpc) is 2.84. The van der Waals surface area contributed by atoms with Crippen LogP contribution in [-0.4, -0.2) is 37.4 Å². The first-order valence-corrected chi connectivity index (χ1v) is 6.52. The molecule has 2 rings (SSSR count). The molecule has 0 N–H and O–H groups in total. The van der Waals surface area contributed by atoms with Gasteiger partial charge in [0.25, 0.3) is 0 Å². The molecule has 0 saturated carbocycles. The second-order valence-electron chi connectivity index (χ2n) is 5.04. The van der Waals surface area contributed by atoms with E-state index in [0.717, 1.165) is 35.5 Å². The Morgan fingerprint density at radius 3 is 2.50 bits per heavy atom. The van der Waals surface area contributed by atoms with Gasteiger partial charge in [-0.1, -0.05) is 0 Å². The summed E-state index contributed by atoms with van der Waals surface area (Å²) >= 11 is 0. The Morgan fingerprint density at radius 2 is 1.89 bits per heavy atom. The SMILES string of the molecule is COc1cc(C)c(C(=O)CN2CCCC2)cc1C. The van der Waals surface area contributed by atoms with Gasteiger partial charge >= 0.3 is 0 Å². The maximum Gasteiger partial charge on any atom is 0.177 e. The summed E-state index contributed by atoms with van der Waals surface area (Å²) in [7, 11) is 1.66. The zero-order valence-electron chi connectivity index (χ0n) is 11.5. The number of Topliss-reactive ketones (excluding diaryl/α,β-unsaturated/α-hetero) is 1. The number of ether oxygens (including phenoxy) is 1. The number of carbonyl (C=O) groups is 1. The molecule has 0 spiro atoms. The van der Waals surface area contributed by atoms with E-state index in [1.807, 2.05) is 26.0 Å². The largest absolute Gasteiger partial charge is 0.496 e. The molecule has 0 aliphatic carbocycles. The number of rotatable bonds is 4. The number of nitrogens with zero attached hydrogens (tertiary/aromatic N) is 1. The van der Waals surface area contributed by atoms with E-state index in [2.05, 4.69) is 4.90 Å². The predicted molar refractivity (Wildman–Crippen MR) is 72.5 cm³/mol. The van der Waals surface area contributed by atoms with Crippen LogP contribution in [0.25, 0.3) is 0 Å². The van der Waals surface area contributed by atoms with Crippen LogP contribution < -0.4 is 4.74 Å². The van der Waals surface area contributed by atoms with Crippen molar-refractivity contribution in [3.8, 4) is 5.75 Å². The Hall–Kier alpha value is -1.35. The van der Waals surface area contributed by atoms with Gasteiger partial charge in [0.15, 0.2) is 5.78 Å². The monoisotopic (exact) mass is 247 g/mol. The Kier molecular flexibility index (Phi) is 4.02. The van der Waals surface area contributed by atoms with Crippen LogP contribution in [-0.2, 0) is 0 Å². The van der Waals surface area contributed by atoms with Gasteiger partial charge in [0, 0.05) is 5.56 Å². The molecular formula is C15H21NO2. The molecule has 1 fully saturated rings. The molecule has 1 aromatic carbocycles. The molecule has 0 aromatic heterocycles. The van der Waals surface area contributed by atoms with Crippen molar-refractivity contribution < 1.29 is 9.53 Å². The van der Waals surface area contributed by atoms with Crippen LogP contribution in [0.4, 0.5) is 0 Å². The van der Waals surface area contributed by atoms with Crippen LogP contribution in [0.1, 0.15) is 34.3 Å². The van der Waals surface area contributed by atoms with Crippen molar-refractivity contribution in [3.05, 3.63) is 28.8 Å². The highest BCUT2D eigenvalue weighted by Gasteiger charge is 2.18. The maximum absolute atomic E-state index is 12.3. The van der Waals surface area contributed by atoms with Gasteiger partial charge in [-0.25, -0.2) is 0 Å². The minimum Gasteiger partial charge on any atom is -0.496 e. The number of likely N-dealkylation sites (tertiary alicyclic amines) is 1. The van der Waals surface area contributed by atoms with Crippen LogP contribution in [0.15, 0.2) is 12.1 Å². The molecule has 0 bridgehead atoms. The summed E-state index contributed by atoms with van der Waals surface area (Å²) in [6, 6.07) is 3.90. The Bertz CT molecular complexity index is 448. The van der Waals surface area contributed by atoms with Gasteiger partial charge < -0.3 is 4.74 Å². The first-order chi connectivity index (χ1) is 8.61. The number of ketones is 1. The molecule has 0 unspecified atom stereocenters. The molecule has 18 heavy (non-hydrogen) atoms. The summed E-state index contributed by atoms with van der Waals surface area (Å²) in [6.45, 7) is 6.61. The zero-order valence-corrected chi connectivity index (χ0v) is 11.5. The fourth-order valence-corrected chi connectivity index (χ4v) is 2.54. The summed E-state index contributed by atoms with van der Waals surface area (Å²) in [4.78, 5) is 14.5. The molecule has 1 heterocycles. The zero-order chi connectivity index (χ0) is 13.1. The van der Waals surface area contributed by atoms with E-state index in [1.165, 1.54) is 12.8 Å². The summed E-state index contributed by atoms with van der Waals surface area (Å²) < 4.78 is 5.27. The van der Waals surface area contributed by atoms with Crippen molar-refractivity contribution in [2.45, 2.75) is 26.7 Å². The Labute approximate surface area is 109 Å². The molecule has 98 valence electrons. The molecule has 3 heteroatoms. The molecule has 1 aromatic rings. The Morgan fingerprint density at radius 1 is 1.22 bits per heavy atom. The smallest absolute Gasteiger partial charge is 0.177 e. The van der Waals surface area contributed by atoms with Crippen molar-refractivity contribution in [2.24, 2.45) is 0 Å². The topological polar surface area (TPSA) is 29.5 Å². The molecule has 3 nitrogen and oxygen atoms in total. The van der Waals surface area contributed by atoms with Crippen LogP contribution >= 0.6 is 0 Å². The van der Waals surface area contributed by atoms with Crippen LogP contribution in [0.2, 0.25) is 0 Å². The molecule has 1 saturated heterocycles. The molecule has 1 aliphatic rings. The number of carbonyl (C=O) groups excluding carboxylic acids is 1. The predicted octanol–water partition coefficient (Wildman–Crippen LogP) is 2.59. The summed E-state index contributed by atoms with van der Waals surface area (Å²) in [5.41, 5.74) is 2.86. The quantitative estimate of drug-likeness (QED) is 0.766. The van der Waals surface area contributed by atoms with E-state index in [0.29, 0.717) is 6.54 Å². The molecule has 0 amide bonds. The molecule has 0 atom stereocenters. The molecule has 0 radical (unpaired) electrons. The summed E-state index contributed by atoms with van der Waals surface area (Å²) in [5, 5.41) is 0. The van der Waals surface area contributed by atoms with Crippen molar-refractivity contribution in [3.63, 3.8) is 0 Å². The lowest BCUT2D eigenvalue weighted by molar-refractivity contribution is 0.0944. The maximum atomic E-state index is 12.3. The Balaban J connectivity index is 2.16. The lowest BCUT2D eigenvalue weighted by atomic mass is 10.0. The van der Waals surface area contributed by atoms with E-state index in [-0.39, 0.29) is 5.78 Å². The van der Waals surface area contributed by atoms with Crippen molar-refractivity contribution in [1.29, 1.82) is 0 Å². The van der Waals surface area contributed by atoms with Gasteiger partial charge in [0.05, 0.1) is 13.7 Å². The highest BCUT2D eigenvalue weighted by molar-refractivity contribution is 5.99. The average molecular weight is 247 g/mol. The van der Waals surface area contributed by atoms with Crippen molar-refractivity contribution in [1.82, 2.24) is 4.90 Å².